The quantitative estimate of drug-likeness (QED) is 0.457. The Kier molecular flexibility index (Phi) is 5.94. The van der Waals surface area contributed by atoms with E-state index in [1.165, 1.54) is 4.68 Å². The molecule has 3 aromatic carbocycles. The third-order valence-electron chi connectivity index (χ3n) is 5.24. The maximum atomic E-state index is 13.8. The number of carbonyl (C=O) groups excluding carboxylic acids is 1. The number of nitrogens with zero attached hydrogens (tertiary/aromatic N) is 3. The molecule has 5 nitrogen and oxygen atoms in total. The fraction of sp³-hybridized carbons (Fsp3) is 0.192. The Balaban J connectivity index is 1.82. The molecule has 0 unspecified atom stereocenters. The van der Waals surface area contributed by atoms with Crippen molar-refractivity contribution in [3.05, 3.63) is 112 Å². The van der Waals surface area contributed by atoms with E-state index < -0.39 is 0 Å². The molecule has 0 saturated heterocycles. The molecule has 0 aliphatic carbocycles. The van der Waals surface area contributed by atoms with Crippen molar-refractivity contribution in [2.24, 2.45) is 0 Å². The molecular formula is C26H25N3O2. The van der Waals surface area contributed by atoms with Crippen LogP contribution in [0.1, 0.15) is 41.5 Å². The molecule has 1 amide bonds. The fourth-order valence-electron chi connectivity index (χ4n) is 3.67. The molecule has 0 radical (unpaired) electrons. The Hall–Kier alpha value is -3.73. The van der Waals surface area contributed by atoms with Crippen LogP contribution < -0.4 is 5.56 Å². The standard InChI is InChI=1S/C26H25N3O2/c1-19(2)29-25(30)23-16-10-9-15-22(23)24(27-29)26(31)28(17-20-11-5-3-6-12-20)18-21-13-7-4-8-14-21/h3-16,19H,17-18H2,1-2H3. The van der Waals surface area contributed by atoms with Gasteiger partial charge >= 0.3 is 0 Å². The van der Waals surface area contributed by atoms with E-state index in [0.29, 0.717) is 29.6 Å². The summed E-state index contributed by atoms with van der Waals surface area (Å²) < 4.78 is 1.40. The molecule has 31 heavy (non-hydrogen) atoms. The summed E-state index contributed by atoms with van der Waals surface area (Å²) in [6.45, 7) is 4.68. The van der Waals surface area contributed by atoms with Crippen LogP contribution >= 0.6 is 0 Å². The van der Waals surface area contributed by atoms with Crippen LogP contribution in [0.15, 0.2) is 89.7 Å². The highest BCUT2D eigenvalue weighted by molar-refractivity contribution is 6.04. The third-order valence-corrected chi connectivity index (χ3v) is 5.24. The normalized spacial score (nSPS) is 11.1. The summed E-state index contributed by atoms with van der Waals surface area (Å²) in [5, 5.41) is 5.61. The summed E-state index contributed by atoms with van der Waals surface area (Å²) in [7, 11) is 0. The number of amides is 1. The lowest BCUT2D eigenvalue weighted by atomic mass is 10.1. The minimum absolute atomic E-state index is 0.152. The summed E-state index contributed by atoms with van der Waals surface area (Å²) >= 11 is 0. The van der Waals surface area contributed by atoms with Crippen molar-refractivity contribution < 1.29 is 4.79 Å². The average molecular weight is 412 g/mol. The highest BCUT2D eigenvalue weighted by Gasteiger charge is 2.23. The number of carbonyl (C=O) groups is 1. The van der Waals surface area contributed by atoms with E-state index in [4.69, 9.17) is 0 Å². The smallest absolute Gasteiger partial charge is 0.275 e. The Morgan fingerprint density at radius 3 is 1.81 bits per heavy atom. The average Bonchev–Trinajstić information content (AvgIpc) is 2.80. The lowest BCUT2D eigenvalue weighted by molar-refractivity contribution is 0.0723. The number of hydrogen-bond donors (Lipinski definition) is 0. The van der Waals surface area contributed by atoms with Gasteiger partial charge < -0.3 is 4.90 Å². The Morgan fingerprint density at radius 2 is 1.29 bits per heavy atom. The Labute approximate surface area is 181 Å². The molecule has 4 rings (SSSR count). The van der Waals surface area contributed by atoms with Crippen LogP contribution in [0, 0.1) is 0 Å². The van der Waals surface area contributed by atoms with Crippen molar-refractivity contribution in [1.29, 1.82) is 0 Å². The first-order valence-corrected chi connectivity index (χ1v) is 10.4. The molecule has 5 heteroatoms. The van der Waals surface area contributed by atoms with Gasteiger partial charge in [0.15, 0.2) is 5.69 Å². The van der Waals surface area contributed by atoms with Crippen LogP contribution in [0.25, 0.3) is 10.8 Å². The van der Waals surface area contributed by atoms with Gasteiger partial charge in [-0.2, -0.15) is 5.10 Å². The third kappa shape index (κ3) is 4.40. The molecular weight excluding hydrogens is 386 g/mol. The number of hydrogen-bond acceptors (Lipinski definition) is 3. The molecule has 156 valence electrons. The van der Waals surface area contributed by atoms with Crippen LogP contribution in [-0.2, 0) is 13.1 Å². The maximum Gasteiger partial charge on any atom is 0.275 e. The van der Waals surface area contributed by atoms with E-state index in [1.54, 1.807) is 17.0 Å². The zero-order chi connectivity index (χ0) is 21.8. The van der Waals surface area contributed by atoms with Gasteiger partial charge in [0.2, 0.25) is 0 Å². The topological polar surface area (TPSA) is 55.2 Å². The van der Waals surface area contributed by atoms with Crippen molar-refractivity contribution in [1.82, 2.24) is 14.7 Å². The van der Waals surface area contributed by atoms with E-state index in [1.807, 2.05) is 86.6 Å². The molecule has 0 bridgehead atoms. The van der Waals surface area contributed by atoms with Crippen molar-refractivity contribution in [2.75, 3.05) is 0 Å². The van der Waals surface area contributed by atoms with Crippen molar-refractivity contribution in [3.63, 3.8) is 0 Å². The zero-order valence-corrected chi connectivity index (χ0v) is 17.7. The predicted molar refractivity (Wildman–Crippen MR) is 123 cm³/mol. The second-order valence-corrected chi connectivity index (χ2v) is 7.87. The maximum absolute atomic E-state index is 13.8. The molecule has 4 aromatic rings. The van der Waals surface area contributed by atoms with Gasteiger partial charge in [-0.15, -0.1) is 0 Å². The summed E-state index contributed by atoms with van der Waals surface area (Å²) in [4.78, 5) is 28.5. The largest absolute Gasteiger partial charge is 0.329 e. The summed E-state index contributed by atoms with van der Waals surface area (Å²) in [5.41, 5.74) is 2.19. The fourth-order valence-corrected chi connectivity index (χ4v) is 3.67. The van der Waals surface area contributed by atoms with Gasteiger partial charge in [-0.25, -0.2) is 4.68 Å². The van der Waals surface area contributed by atoms with E-state index in [0.717, 1.165) is 11.1 Å². The molecule has 0 saturated carbocycles. The van der Waals surface area contributed by atoms with Gasteiger partial charge in [-0.05, 0) is 31.0 Å². The molecule has 0 N–H and O–H groups in total. The lowest BCUT2D eigenvalue weighted by Gasteiger charge is -2.24. The van der Waals surface area contributed by atoms with Gasteiger partial charge in [0.25, 0.3) is 11.5 Å². The van der Waals surface area contributed by atoms with Gasteiger partial charge in [0.1, 0.15) is 0 Å². The number of rotatable bonds is 6. The van der Waals surface area contributed by atoms with E-state index in [2.05, 4.69) is 5.10 Å². The number of aromatic nitrogens is 2. The highest BCUT2D eigenvalue weighted by Crippen LogP contribution is 2.19. The van der Waals surface area contributed by atoms with Crippen molar-refractivity contribution >= 4 is 16.7 Å². The van der Waals surface area contributed by atoms with E-state index in [-0.39, 0.29) is 17.5 Å². The number of fused-ring (bicyclic) bond motifs is 1. The summed E-state index contributed by atoms with van der Waals surface area (Å²) in [6, 6.07) is 26.8. The van der Waals surface area contributed by atoms with Crippen LogP contribution in [0.2, 0.25) is 0 Å². The Morgan fingerprint density at radius 1 is 0.806 bits per heavy atom. The van der Waals surface area contributed by atoms with Gasteiger partial charge in [0.05, 0.1) is 11.4 Å². The van der Waals surface area contributed by atoms with Crippen molar-refractivity contribution in [3.8, 4) is 0 Å². The van der Waals surface area contributed by atoms with Crippen LogP contribution in [0.5, 0.6) is 0 Å². The van der Waals surface area contributed by atoms with Crippen LogP contribution in [0.3, 0.4) is 0 Å². The minimum atomic E-state index is -0.196. The van der Waals surface area contributed by atoms with Gasteiger partial charge in [0, 0.05) is 18.5 Å². The monoisotopic (exact) mass is 411 g/mol. The molecule has 1 aromatic heterocycles. The lowest BCUT2D eigenvalue weighted by Crippen LogP contribution is -2.34. The molecule has 0 aliphatic rings. The van der Waals surface area contributed by atoms with Gasteiger partial charge in [-0.3, -0.25) is 9.59 Å². The van der Waals surface area contributed by atoms with Gasteiger partial charge in [-0.1, -0.05) is 78.9 Å². The molecule has 0 spiro atoms. The van der Waals surface area contributed by atoms with E-state index >= 15 is 0 Å². The molecule has 0 atom stereocenters. The highest BCUT2D eigenvalue weighted by atomic mass is 16.2. The molecule has 0 aliphatic heterocycles. The van der Waals surface area contributed by atoms with Crippen LogP contribution in [-0.4, -0.2) is 20.6 Å². The van der Waals surface area contributed by atoms with Crippen molar-refractivity contribution in [2.45, 2.75) is 33.0 Å². The predicted octanol–water partition coefficient (Wildman–Crippen LogP) is 4.82. The first-order chi connectivity index (χ1) is 15.0. The molecule has 1 heterocycles. The minimum Gasteiger partial charge on any atom is -0.329 e. The second kappa shape index (κ2) is 8.96. The molecule has 0 fully saturated rings. The zero-order valence-electron chi connectivity index (χ0n) is 17.7. The Bertz CT molecular complexity index is 1210. The SMILES string of the molecule is CC(C)n1nc(C(=O)N(Cc2ccccc2)Cc2ccccc2)c2ccccc2c1=O. The summed E-state index contributed by atoms with van der Waals surface area (Å²) in [5.74, 6) is -0.196. The van der Waals surface area contributed by atoms with Crippen LogP contribution in [0.4, 0.5) is 0 Å². The van der Waals surface area contributed by atoms with E-state index in [9.17, 15) is 9.59 Å². The summed E-state index contributed by atoms with van der Waals surface area (Å²) in [6.07, 6.45) is 0. The first kappa shape index (κ1) is 20.5. The first-order valence-electron chi connectivity index (χ1n) is 10.4. The second-order valence-electron chi connectivity index (χ2n) is 7.87. The number of benzene rings is 3.